The molecule has 5 heteroatoms. The van der Waals surface area contributed by atoms with E-state index < -0.39 is 0 Å². The number of hydrogen-bond acceptors (Lipinski definition) is 4. The normalized spacial score (nSPS) is 10.6. The van der Waals surface area contributed by atoms with Crippen LogP contribution in [0.5, 0.6) is 11.5 Å². The Morgan fingerprint density at radius 1 is 1.14 bits per heavy atom. The lowest BCUT2D eigenvalue weighted by Crippen LogP contribution is -2.15. The molecule has 21 heavy (non-hydrogen) atoms. The molecule has 0 aliphatic rings. The molecule has 0 amide bonds. The van der Waals surface area contributed by atoms with Gasteiger partial charge in [-0.2, -0.15) is 5.10 Å². The number of aromatic amines is 1. The Balaban J connectivity index is 1.77. The number of H-pyrrole nitrogens is 1. The predicted molar refractivity (Wildman–Crippen MR) is 82.9 cm³/mol. The Morgan fingerprint density at radius 2 is 1.86 bits per heavy atom. The van der Waals surface area contributed by atoms with Gasteiger partial charge in [-0.1, -0.05) is 0 Å². The SMILES string of the molecule is COc1cc(CNCCCc2cn[nH]c2C)cc(OC)c1. The standard InChI is InChI=1S/C16H23N3O2/c1-12-14(11-18-19-12)5-4-6-17-10-13-7-15(20-2)9-16(8-13)21-3/h7-9,11,17H,4-6,10H2,1-3H3,(H,18,19). The summed E-state index contributed by atoms with van der Waals surface area (Å²) in [7, 11) is 3.33. The van der Waals surface area contributed by atoms with Gasteiger partial charge in [0, 0.05) is 18.3 Å². The summed E-state index contributed by atoms with van der Waals surface area (Å²) < 4.78 is 10.5. The first kappa shape index (κ1) is 15.4. The van der Waals surface area contributed by atoms with Crippen molar-refractivity contribution in [3.8, 4) is 11.5 Å². The van der Waals surface area contributed by atoms with Gasteiger partial charge in [0.05, 0.1) is 20.4 Å². The van der Waals surface area contributed by atoms with Gasteiger partial charge in [0.15, 0.2) is 0 Å². The summed E-state index contributed by atoms with van der Waals surface area (Å²) in [5.74, 6) is 1.64. The third kappa shape index (κ3) is 4.49. The number of hydrogen-bond donors (Lipinski definition) is 2. The lowest BCUT2D eigenvalue weighted by molar-refractivity contribution is 0.393. The smallest absolute Gasteiger partial charge is 0.122 e. The predicted octanol–water partition coefficient (Wildman–Crippen LogP) is 2.46. The van der Waals surface area contributed by atoms with E-state index in [9.17, 15) is 0 Å². The first-order chi connectivity index (χ1) is 10.2. The molecule has 2 N–H and O–H groups in total. The van der Waals surface area contributed by atoms with E-state index in [0.29, 0.717) is 0 Å². The van der Waals surface area contributed by atoms with E-state index in [0.717, 1.165) is 48.7 Å². The Bertz CT molecular complexity index is 544. The Hall–Kier alpha value is -2.01. The van der Waals surface area contributed by atoms with Crippen LogP contribution in [0.25, 0.3) is 0 Å². The Kier molecular flexibility index (Phi) is 5.63. The summed E-state index contributed by atoms with van der Waals surface area (Å²) in [5, 5.41) is 10.4. The van der Waals surface area contributed by atoms with Crippen LogP contribution in [-0.2, 0) is 13.0 Å². The quantitative estimate of drug-likeness (QED) is 0.733. The van der Waals surface area contributed by atoms with Crippen LogP contribution < -0.4 is 14.8 Å². The van der Waals surface area contributed by atoms with Crippen molar-refractivity contribution in [1.29, 1.82) is 0 Å². The zero-order valence-corrected chi connectivity index (χ0v) is 12.9. The lowest BCUT2D eigenvalue weighted by atomic mass is 10.1. The van der Waals surface area contributed by atoms with Crippen molar-refractivity contribution in [2.24, 2.45) is 0 Å². The Labute approximate surface area is 125 Å². The highest BCUT2D eigenvalue weighted by atomic mass is 16.5. The van der Waals surface area contributed by atoms with Crippen LogP contribution in [0.1, 0.15) is 23.2 Å². The van der Waals surface area contributed by atoms with Gasteiger partial charge in [0.1, 0.15) is 11.5 Å². The maximum absolute atomic E-state index is 5.27. The third-order valence-electron chi connectivity index (χ3n) is 3.47. The van der Waals surface area contributed by atoms with Crippen LogP contribution in [-0.4, -0.2) is 31.0 Å². The first-order valence-electron chi connectivity index (χ1n) is 7.14. The molecule has 0 unspecified atom stereocenters. The van der Waals surface area contributed by atoms with E-state index in [4.69, 9.17) is 9.47 Å². The molecule has 0 saturated heterocycles. The van der Waals surface area contributed by atoms with Gasteiger partial charge in [-0.25, -0.2) is 0 Å². The highest BCUT2D eigenvalue weighted by molar-refractivity contribution is 5.38. The van der Waals surface area contributed by atoms with Crippen molar-refractivity contribution in [1.82, 2.24) is 15.5 Å². The second kappa shape index (κ2) is 7.69. The number of methoxy groups -OCH3 is 2. The maximum atomic E-state index is 5.27. The van der Waals surface area contributed by atoms with Crippen molar-refractivity contribution in [2.75, 3.05) is 20.8 Å². The van der Waals surface area contributed by atoms with Crippen LogP contribution in [0.4, 0.5) is 0 Å². The molecular formula is C16H23N3O2. The molecule has 0 spiro atoms. The fraction of sp³-hybridized carbons (Fsp3) is 0.438. The number of nitrogens with one attached hydrogen (secondary N) is 2. The minimum atomic E-state index is 0.804. The fourth-order valence-electron chi connectivity index (χ4n) is 2.23. The zero-order valence-electron chi connectivity index (χ0n) is 12.9. The second-order valence-corrected chi connectivity index (χ2v) is 5.02. The summed E-state index contributed by atoms with van der Waals surface area (Å²) in [4.78, 5) is 0. The van der Waals surface area contributed by atoms with Crippen LogP contribution in [0.15, 0.2) is 24.4 Å². The molecule has 0 fully saturated rings. The van der Waals surface area contributed by atoms with Crippen LogP contribution in [0, 0.1) is 6.92 Å². The molecule has 114 valence electrons. The Morgan fingerprint density at radius 3 is 2.43 bits per heavy atom. The summed E-state index contributed by atoms with van der Waals surface area (Å²) in [5.41, 5.74) is 3.61. The van der Waals surface area contributed by atoms with Crippen molar-refractivity contribution >= 4 is 0 Å². The highest BCUT2D eigenvalue weighted by Crippen LogP contribution is 2.22. The van der Waals surface area contributed by atoms with E-state index in [-0.39, 0.29) is 0 Å². The summed E-state index contributed by atoms with van der Waals surface area (Å²) in [6.45, 7) is 3.82. The third-order valence-corrected chi connectivity index (χ3v) is 3.47. The molecule has 1 aromatic heterocycles. The molecule has 0 bridgehead atoms. The molecule has 0 aliphatic heterocycles. The van der Waals surface area contributed by atoms with Gasteiger partial charge in [-0.05, 0) is 49.6 Å². The molecule has 2 aromatic rings. The minimum Gasteiger partial charge on any atom is -0.497 e. The van der Waals surface area contributed by atoms with Gasteiger partial charge in [-0.3, -0.25) is 5.10 Å². The van der Waals surface area contributed by atoms with Crippen molar-refractivity contribution in [3.05, 3.63) is 41.2 Å². The van der Waals surface area contributed by atoms with Crippen molar-refractivity contribution < 1.29 is 9.47 Å². The number of benzene rings is 1. The van der Waals surface area contributed by atoms with Gasteiger partial charge in [0.25, 0.3) is 0 Å². The van der Waals surface area contributed by atoms with E-state index >= 15 is 0 Å². The molecule has 0 aliphatic carbocycles. The van der Waals surface area contributed by atoms with Crippen LogP contribution >= 0.6 is 0 Å². The lowest BCUT2D eigenvalue weighted by Gasteiger charge is -2.09. The molecule has 0 radical (unpaired) electrons. The van der Waals surface area contributed by atoms with E-state index in [2.05, 4.69) is 22.4 Å². The molecule has 0 atom stereocenters. The maximum Gasteiger partial charge on any atom is 0.122 e. The summed E-state index contributed by atoms with van der Waals surface area (Å²) in [6.07, 6.45) is 4.03. The van der Waals surface area contributed by atoms with Crippen molar-refractivity contribution in [2.45, 2.75) is 26.3 Å². The highest BCUT2D eigenvalue weighted by Gasteiger charge is 2.02. The van der Waals surface area contributed by atoms with Crippen LogP contribution in [0.3, 0.4) is 0 Å². The largest absolute Gasteiger partial charge is 0.497 e. The molecule has 1 aromatic carbocycles. The molecule has 5 nitrogen and oxygen atoms in total. The van der Waals surface area contributed by atoms with E-state index in [1.807, 2.05) is 24.4 Å². The summed E-state index contributed by atoms with van der Waals surface area (Å²) in [6, 6.07) is 5.93. The number of aromatic nitrogens is 2. The molecule has 2 rings (SSSR count). The monoisotopic (exact) mass is 289 g/mol. The number of rotatable bonds is 8. The van der Waals surface area contributed by atoms with Gasteiger partial charge >= 0.3 is 0 Å². The zero-order chi connectivity index (χ0) is 15.1. The van der Waals surface area contributed by atoms with E-state index in [1.54, 1.807) is 14.2 Å². The van der Waals surface area contributed by atoms with Crippen molar-refractivity contribution in [3.63, 3.8) is 0 Å². The second-order valence-electron chi connectivity index (χ2n) is 5.02. The van der Waals surface area contributed by atoms with Gasteiger partial charge in [-0.15, -0.1) is 0 Å². The average molecular weight is 289 g/mol. The number of ether oxygens (including phenoxy) is 2. The average Bonchev–Trinajstić information content (AvgIpc) is 2.92. The first-order valence-corrected chi connectivity index (χ1v) is 7.14. The van der Waals surface area contributed by atoms with Gasteiger partial charge in [0.2, 0.25) is 0 Å². The summed E-state index contributed by atoms with van der Waals surface area (Å²) >= 11 is 0. The topological polar surface area (TPSA) is 59.2 Å². The minimum absolute atomic E-state index is 0.804. The molecule has 0 saturated carbocycles. The molecule has 1 heterocycles. The van der Waals surface area contributed by atoms with Crippen LogP contribution in [0.2, 0.25) is 0 Å². The number of aryl methyl sites for hydroxylation is 2. The van der Waals surface area contributed by atoms with Gasteiger partial charge < -0.3 is 14.8 Å². The molecular weight excluding hydrogens is 266 g/mol. The fourth-order valence-corrected chi connectivity index (χ4v) is 2.23. The van der Waals surface area contributed by atoms with E-state index in [1.165, 1.54) is 5.56 Å². The number of nitrogens with zero attached hydrogens (tertiary/aromatic N) is 1.